The molecule has 0 spiro atoms. The van der Waals surface area contributed by atoms with Crippen molar-refractivity contribution >= 4 is 29.4 Å². The number of nitrogens with one attached hydrogen (secondary N) is 3. The Kier molecular flexibility index (Phi) is 9.03. The molecular formula is C26H40N4O5. The highest BCUT2D eigenvalue weighted by Crippen LogP contribution is 2.31. The molecule has 1 fully saturated rings. The molecule has 0 radical (unpaired) electrons. The predicted octanol–water partition coefficient (Wildman–Crippen LogP) is 1.63. The van der Waals surface area contributed by atoms with Gasteiger partial charge in [-0.3, -0.25) is 24.0 Å². The molecule has 1 aliphatic heterocycles. The number of allylic oxidation sites excluding steroid dienone is 1. The van der Waals surface area contributed by atoms with Gasteiger partial charge in [-0.15, -0.1) is 0 Å². The minimum absolute atomic E-state index is 0.0299. The first-order valence-corrected chi connectivity index (χ1v) is 12.3. The number of Topliss-reactive ketones (excluding diaryl/α,β-unsaturated/α-hetero) is 1. The zero-order valence-corrected chi connectivity index (χ0v) is 22.2. The predicted molar refractivity (Wildman–Crippen MR) is 133 cm³/mol. The Morgan fingerprint density at radius 2 is 1.63 bits per heavy atom. The summed E-state index contributed by atoms with van der Waals surface area (Å²) in [5.74, 6) is -2.98. The highest BCUT2D eigenvalue weighted by molar-refractivity contribution is 6.38. The van der Waals surface area contributed by atoms with Crippen LogP contribution in [0.1, 0.15) is 68.2 Å². The summed E-state index contributed by atoms with van der Waals surface area (Å²) in [5.41, 5.74) is 0.852. The van der Waals surface area contributed by atoms with E-state index in [2.05, 4.69) is 16.0 Å². The molecule has 0 aromatic rings. The fraction of sp³-hybridized carbons (Fsp3) is 0.654. The van der Waals surface area contributed by atoms with E-state index >= 15 is 0 Å². The number of carbonyl (C=O) groups excluding carboxylic acids is 5. The molecule has 194 valence electrons. The summed E-state index contributed by atoms with van der Waals surface area (Å²) in [6, 6.07) is -2.76. The van der Waals surface area contributed by atoms with E-state index in [1.54, 1.807) is 26.0 Å². The topological polar surface area (TPSA) is 125 Å². The van der Waals surface area contributed by atoms with Gasteiger partial charge in [0.1, 0.15) is 12.1 Å². The second-order valence-electron chi connectivity index (χ2n) is 11.0. The molecule has 9 heteroatoms. The summed E-state index contributed by atoms with van der Waals surface area (Å²) in [7, 11) is 0. The number of hydrogen-bond acceptors (Lipinski definition) is 5. The number of nitrogens with zero attached hydrogens (tertiary/aromatic N) is 1. The summed E-state index contributed by atoms with van der Waals surface area (Å²) in [4.78, 5) is 65.7. The molecule has 0 bridgehead atoms. The molecule has 3 atom stereocenters. The lowest BCUT2D eigenvalue weighted by Gasteiger charge is -2.37. The van der Waals surface area contributed by atoms with Gasteiger partial charge in [0.25, 0.3) is 11.8 Å². The number of hydrogen-bond donors (Lipinski definition) is 3. The third-order valence-corrected chi connectivity index (χ3v) is 6.21. The maximum atomic E-state index is 13.3. The first-order valence-electron chi connectivity index (χ1n) is 12.3. The van der Waals surface area contributed by atoms with Crippen molar-refractivity contribution in [2.45, 2.75) is 92.4 Å². The number of rotatable bonds is 10. The van der Waals surface area contributed by atoms with E-state index < -0.39 is 47.0 Å². The second kappa shape index (κ2) is 11.2. The molecule has 4 amide bonds. The van der Waals surface area contributed by atoms with Gasteiger partial charge in [0.05, 0.1) is 6.04 Å². The maximum Gasteiger partial charge on any atom is 0.289 e. The second-order valence-corrected chi connectivity index (χ2v) is 11.0. The van der Waals surface area contributed by atoms with Gasteiger partial charge in [0.15, 0.2) is 0 Å². The first-order chi connectivity index (χ1) is 16.2. The number of amides is 4. The zero-order valence-electron chi connectivity index (χ0n) is 22.2. The average Bonchev–Trinajstić information content (AvgIpc) is 3.52. The molecule has 35 heavy (non-hydrogen) atoms. The van der Waals surface area contributed by atoms with E-state index in [1.807, 2.05) is 34.6 Å². The van der Waals surface area contributed by atoms with Gasteiger partial charge >= 0.3 is 0 Å². The molecule has 0 aromatic heterocycles. The van der Waals surface area contributed by atoms with Crippen molar-refractivity contribution in [2.75, 3.05) is 6.54 Å². The summed E-state index contributed by atoms with van der Waals surface area (Å²) in [5, 5.41) is 7.98. The summed E-state index contributed by atoms with van der Waals surface area (Å²) >= 11 is 0. The molecule has 1 saturated carbocycles. The normalized spacial score (nSPS) is 19.1. The van der Waals surface area contributed by atoms with Crippen LogP contribution in [0, 0.1) is 11.3 Å². The fourth-order valence-electron chi connectivity index (χ4n) is 4.14. The van der Waals surface area contributed by atoms with Crippen molar-refractivity contribution < 1.29 is 24.0 Å². The minimum Gasteiger partial charge on any atom is -0.347 e. The molecule has 3 N–H and O–H groups in total. The van der Waals surface area contributed by atoms with E-state index in [0.29, 0.717) is 12.1 Å². The highest BCUT2D eigenvalue weighted by atomic mass is 16.2. The molecule has 3 unspecified atom stereocenters. The monoisotopic (exact) mass is 488 g/mol. The smallest absolute Gasteiger partial charge is 0.289 e. The van der Waals surface area contributed by atoms with Gasteiger partial charge in [-0.1, -0.05) is 46.8 Å². The molecule has 1 heterocycles. The Morgan fingerprint density at radius 1 is 1.03 bits per heavy atom. The van der Waals surface area contributed by atoms with Crippen molar-refractivity contribution in [1.29, 1.82) is 0 Å². The fourth-order valence-corrected chi connectivity index (χ4v) is 4.14. The molecule has 0 aromatic carbocycles. The molecule has 2 aliphatic rings. The summed E-state index contributed by atoms with van der Waals surface area (Å²) < 4.78 is 0. The highest BCUT2D eigenvalue weighted by Gasteiger charge is 2.43. The molecule has 0 saturated heterocycles. The Labute approximate surface area is 208 Å². The standard InChI is InChI=1S/C26H40N4O5/c1-9-10-18-15(4)13-30(25(18)35)21(26(6,7)8)24(34)27-16(5)22(32)29-19(14(2)3)20(31)23(33)28-17-11-12-17/h9-10,14,16-17,19,21H,11-13H2,1-8H3,(H,27,34)(H,28,33)(H,29,32). The van der Waals surface area contributed by atoms with Crippen molar-refractivity contribution in [3.8, 4) is 0 Å². The van der Waals surface area contributed by atoms with E-state index in [-0.39, 0.29) is 17.9 Å². The van der Waals surface area contributed by atoms with Crippen LogP contribution in [0.3, 0.4) is 0 Å². The zero-order chi connectivity index (χ0) is 26.7. The quantitative estimate of drug-likeness (QED) is 0.403. The maximum absolute atomic E-state index is 13.3. The minimum atomic E-state index is -1.01. The van der Waals surface area contributed by atoms with E-state index in [4.69, 9.17) is 0 Å². The Bertz CT molecular complexity index is 940. The number of carbonyl (C=O) groups is 5. The van der Waals surface area contributed by atoms with Crippen LogP contribution >= 0.6 is 0 Å². The van der Waals surface area contributed by atoms with Crippen LogP contribution in [0.5, 0.6) is 0 Å². The Hall–Kier alpha value is -2.97. The van der Waals surface area contributed by atoms with Crippen molar-refractivity contribution in [3.63, 3.8) is 0 Å². The SMILES string of the molecule is CC=CC1=C(C)CN(C(C(=O)NC(C)C(=O)NC(C(=O)C(=O)NC2CC2)C(C)C)C(C)(C)C)C1=O. The van der Waals surface area contributed by atoms with Gasteiger partial charge < -0.3 is 20.9 Å². The summed E-state index contributed by atoms with van der Waals surface area (Å²) in [6.45, 7) is 14.6. The lowest BCUT2D eigenvalue weighted by Crippen LogP contribution is -2.59. The van der Waals surface area contributed by atoms with Gasteiger partial charge in [0.2, 0.25) is 17.6 Å². The molecule has 1 aliphatic carbocycles. The van der Waals surface area contributed by atoms with Crippen molar-refractivity contribution in [2.24, 2.45) is 11.3 Å². The molecular weight excluding hydrogens is 448 g/mol. The van der Waals surface area contributed by atoms with Crippen LogP contribution in [0.15, 0.2) is 23.3 Å². The van der Waals surface area contributed by atoms with Crippen LogP contribution in [0.2, 0.25) is 0 Å². The first kappa shape index (κ1) is 28.3. The van der Waals surface area contributed by atoms with E-state index in [9.17, 15) is 24.0 Å². The molecule has 2 rings (SSSR count). The van der Waals surface area contributed by atoms with Gasteiger partial charge in [-0.05, 0) is 50.5 Å². The summed E-state index contributed by atoms with van der Waals surface area (Å²) in [6.07, 6.45) is 5.23. The lowest BCUT2D eigenvalue weighted by molar-refractivity contribution is -0.142. The lowest BCUT2D eigenvalue weighted by atomic mass is 9.84. The average molecular weight is 489 g/mol. The van der Waals surface area contributed by atoms with Crippen LogP contribution in [-0.4, -0.2) is 65.0 Å². The van der Waals surface area contributed by atoms with Gasteiger partial charge in [0, 0.05) is 18.2 Å². The van der Waals surface area contributed by atoms with Crippen molar-refractivity contribution in [1.82, 2.24) is 20.9 Å². The Balaban J connectivity index is 2.10. The van der Waals surface area contributed by atoms with E-state index in [1.165, 1.54) is 11.8 Å². The number of ketones is 1. The van der Waals surface area contributed by atoms with Crippen LogP contribution < -0.4 is 16.0 Å². The van der Waals surface area contributed by atoms with Crippen molar-refractivity contribution in [3.05, 3.63) is 23.3 Å². The molecule has 9 nitrogen and oxygen atoms in total. The third kappa shape index (κ3) is 7.02. The van der Waals surface area contributed by atoms with Gasteiger partial charge in [-0.25, -0.2) is 0 Å². The van der Waals surface area contributed by atoms with Crippen LogP contribution in [0.25, 0.3) is 0 Å². The third-order valence-electron chi connectivity index (χ3n) is 6.21. The van der Waals surface area contributed by atoms with Crippen LogP contribution in [0.4, 0.5) is 0 Å². The Morgan fingerprint density at radius 3 is 2.11 bits per heavy atom. The van der Waals surface area contributed by atoms with E-state index in [0.717, 1.165) is 18.4 Å². The van der Waals surface area contributed by atoms with Crippen LogP contribution in [-0.2, 0) is 24.0 Å². The van der Waals surface area contributed by atoms with Gasteiger partial charge in [-0.2, -0.15) is 0 Å². The largest absolute Gasteiger partial charge is 0.347 e.